The number of amides is 1. The van der Waals surface area contributed by atoms with Crippen LogP contribution in [0.5, 0.6) is 0 Å². The summed E-state index contributed by atoms with van der Waals surface area (Å²) >= 11 is 0. The fourth-order valence-corrected chi connectivity index (χ4v) is 0.986. The third kappa shape index (κ3) is 1.68. The van der Waals surface area contributed by atoms with E-state index < -0.39 is 0 Å². The molecule has 0 bridgehead atoms. The highest BCUT2D eigenvalue weighted by molar-refractivity contribution is 5.78. The first-order chi connectivity index (χ1) is 4.84. The van der Waals surface area contributed by atoms with E-state index in [1.807, 2.05) is 0 Å². The lowest BCUT2D eigenvalue weighted by molar-refractivity contribution is -0.124. The molecule has 0 aromatic rings. The van der Waals surface area contributed by atoms with Crippen LogP contribution in [0, 0.1) is 5.92 Å². The monoisotopic (exact) mass is 144 g/mol. The first-order valence-corrected chi connectivity index (χ1v) is 3.40. The number of carbonyl (C=O) groups is 1. The Morgan fingerprint density at radius 3 is 3.10 bits per heavy atom. The van der Waals surface area contributed by atoms with Crippen LogP contribution in [0.4, 0.5) is 0 Å². The minimum Gasteiger partial charge on any atom is -0.381 e. The van der Waals surface area contributed by atoms with Crippen molar-refractivity contribution in [2.75, 3.05) is 19.9 Å². The molecule has 0 aromatic carbocycles. The number of ether oxygens (including phenoxy) is 1. The van der Waals surface area contributed by atoms with Crippen LogP contribution >= 0.6 is 0 Å². The average molecular weight is 144 g/mol. The molecule has 0 radical (unpaired) electrons. The predicted octanol–water partition coefficient (Wildman–Crippen LogP) is -0.945. The van der Waals surface area contributed by atoms with E-state index in [4.69, 9.17) is 10.5 Å². The highest BCUT2D eigenvalue weighted by Gasteiger charge is 2.22. The molecule has 1 heterocycles. The lowest BCUT2D eigenvalue weighted by Crippen LogP contribution is -2.34. The number of carbonyl (C=O) groups excluding carboxylic acids is 1. The van der Waals surface area contributed by atoms with Gasteiger partial charge in [0.15, 0.2) is 0 Å². The number of hydrogen-bond acceptors (Lipinski definition) is 3. The Labute approximate surface area is 59.7 Å². The lowest BCUT2D eigenvalue weighted by atomic mass is 10.1. The van der Waals surface area contributed by atoms with Crippen molar-refractivity contribution in [1.82, 2.24) is 5.32 Å². The summed E-state index contributed by atoms with van der Waals surface area (Å²) in [5.74, 6) is 0.0450. The molecule has 1 aliphatic heterocycles. The van der Waals surface area contributed by atoms with E-state index in [1.54, 1.807) is 0 Å². The molecule has 1 unspecified atom stereocenters. The molecule has 1 amide bonds. The Bertz CT molecular complexity index is 121. The van der Waals surface area contributed by atoms with Crippen molar-refractivity contribution >= 4 is 5.91 Å². The summed E-state index contributed by atoms with van der Waals surface area (Å²) < 4.78 is 5.02. The molecule has 3 N–H and O–H groups in total. The molecule has 58 valence electrons. The maximum absolute atomic E-state index is 11.0. The van der Waals surface area contributed by atoms with Crippen molar-refractivity contribution in [3.63, 3.8) is 0 Å². The Balaban J connectivity index is 2.25. The van der Waals surface area contributed by atoms with E-state index in [1.165, 1.54) is 0 Å². The van der Waals surface area contributed by atoms with Crippen LogP contribution in [-0.2, 0) is 9.53 Å². The van der Waals surface area contributed by atoms with Gasteiger partial charge < -0.3 is 15.8 Å². The molecule has 1 atom stereocenters. The average Bonchev–Trinajstić information content (AvgIpc) is 2.38. The lowest BCUT2D eigenvalue weighted by Gasteiger charge is -2.05. The molecule has 0 aliphatic carbocycles. The van der Waals surface area contributed by atoms with Gasteiger partial charge >= 0.3 is 0 Å². The number of hydrogen-bond donors (Lipinski definition) is 2. The smallest absolute Gasteiger partial charge is 0.226 e. The number of nitrogens with one attached hydrogen (secondary N) is 1. The minimum absolute atomic E-state index is 0.0139. The fourth-order valence-electron chi connectivity index (χ4n) is 0.986. The third-order valence-electron chi connectivity index (χ3n) is 1.58. The Hall–Kier alpha value is -0.610. The molecule has 1 saturated heterocycles. The van der Waals surface area contributed by atoms with Gasteiger partial charge in [0.25, 0.3) is 0 Å². The molecule has 4 nitrogen and oxygen atoms in total. The van der Waals surface area contributed by atoms with Crippen molar-refractivity contribution in [3.8, 4) is 0 Å². The molecular weight excluding hydrogens is 132 g/mol. The van der Waals surface area contributed by atoms with Crippen molar-refractivity contribution in [2.45, 2.75) is 6.42 Å². The minimum atomic E-state index is 0.0139. The molecule has 0 aromatic heterocycles. The quantitative estimate of drug-likeness (QED) is 0.491. The summed E-state index contributed by atoms with van der Waals surface area (Å²) in [4.78, 5) is 11.0. The first kappa shape index (κ1) is 7.50. The van der Waals surface area contributed by atoms with Gasteiger partial charge in [-0.25, -0.2) is 0 Å². The van der Waals surface area contributed by atoms with Crippen LogP contribution in [0.2, 0.25) is 0 Å². The molecule has 1 rings (SSSR count). The van der Waals surface area contributed by atoms with Crippen molar-refractivity contribution in [3.05, 3.63) is 0 Å². The Morgan fingerprint density at radius 1 is 1.80 bits per heavy atom. The van der Waals surface area contributed by atoms with E-state index in [9.17, 15) is 4.79 Å². The first-order valence-electron chi connectivity index (χ1n) is 3.40. The van der Waals surface area contributed by atoms with E-state index in [2.05, 4.69) is 5.32 Å². The third-order valence-corrected chi connectivity index (χ3v) is 1.58. The number of rotatable bonds is 2. The van der Waals surface area contributed by atoms with Crippen LogP contribution in [0.3, 0.4) is 0 Å². The van der Waals surface area contributed by atoms with E-state index in [0.717, 1.165) is 6.42 Å². The second-order valence-corrected chi connectivity index (χ2v) is 2.31. The van der Waals surface area contributed by atoms with E-state index in [0.29, 0.717) is 13.2 Å². The van der Waals surface area contributed by atoms with Crippen LogP contribution in [0.1, 0.15) is 6.42 Å². The van der Waals surface area contributed by atoms with Crippen LogP contribution in [0.25, 0.3) is 0 Å². The zero-order valence-electron chi connectivity index (χ0n) is 5.80. The maximum atomic E-state index is 11.0. The summed E-state index contributed by atoms with van der Waals surface area (Å²) in [6.45, 7) is 1.46. The SMILES string of the molecule is NCNC(=O)C1CCOC1. The molecule has 0 spiro atoms. The van der Waals surface area contributed by atoms with Gasteiger partial charge in [-0.1, -0.05) is 0 Å². The highest BCUT2D eigenvalue weighted by Crippen LogP contribution is 2.11. The van der Waals surface area contributed by atoms with Gasteiger partial charge in [0, 0.05) is 6.61 Å². The van der Waals surface area contributed by atoms with Crippen molar-refractivity contribution in [1.29, 1.82) is 0 Å². The molecular formula is C6H12N2O2. The van der Waals surface area contributed by atoms with Gasteiger partial charge in [-0.05, 0) is 6.42 Å². The van der Waals surface area contributed by atoms with Crippen molar-refractivity contribution in [2.24, 2.45) is 11.7 Å². The van der Waals surface area contributed by atoms with Gasteiger partial charge in [-0.2, -0.15) is 0 Å². The fraction of sp³-hybridized carbons (Fsp3) is 0.833. The zero-order chi connectivity index (χ0) is 7.40. The van der Waals surface area contributed by atoms with Gasteiger partial charge in [0.05, 0.1) is 19.2 Å². The Kier molecular flexibility index (Phi) is 2.65. The second kappa shape index (κ2) is 3.53. The topological polar surface area (TPSA) is 64.3 Å². The van der Waals surface area contributed by atoms with Crippen LogP contribution in [0.15, 0.2) is 0 Å². The van der Waals surface area contributed by atoms with Crippen LogP contribution in [-0.4, -0.2) is 25.8 Å². The molecule has 1 fully saturated rings. The van der Waals surface area contributed by atoms with Gasteiger partial charge in [-0.3, -0.25) is 4.79 Å². The number of nitrogens with two attached hydrogens (primary N) is 1. The summed E-state index contributed by atoms with van der Waals surface area (Å²) in [5, 5.41) is 2.55. The largest absolute Gasteiger partial charge is 0.381 e. The molecule has 4 heteroatoms. The van der Waals surface area contributed by atoms with Crippen molar-refractivity contribution < 1.29 is 9.53 Å². The van der Waals surface area contributed by atoms with E-state index >= 15 is 0 Å². The Morgan fingerprint density at radius 2 is 2.60 bits per heavy atom. The van der Waals surface area contributed by atoms with Gasteiger partial charge in [0.2, 0.25) is 5.91 Å². The van der Waals surface area contributed by atoms with Crippen LogP contribution < -0.4 is 11.1 Å². The highest BCUT2D eigenvalue weighted by atomic mass is 16.5. The van der Waals surface area contributed by atoms with E-state index in [-0.39, 0.29) is 18.5 Å². The molecule has 0 saturated carbocycles. The zero-order valence-corrected chi connectivity index (χ0v) is 5.80. The summed E-state index contributed by atoms with van der Waals surface area (Å²) in [6, 6.07) is 0. The molecule has 10 heavy (non-hydrogen) atoms. The predicted molar refractivity (Wildman–Crippen MR) is 36.1 cm³/mol. The summed E-state index contributed by atoms with van der Waals surface area (Å²) in [5.41, 5.74) is 5.12. The standard InChI is InChI=1S/C6H12N2O2/c7-4-8-6(9)5-1-2-10-3-5/h5H,1-4,7H2,(H,8,9). The maximum Gasteiger partial charge on any atom is 0.226 e. The van der Waals surface area contributed by atoms with Gasteiger partial charge in [-0.15, -0.1) is 0 Å². The second-order valence-electron chi connectivity index (χ2n) is 2.31. The summed E-state index contributed by atoms with van der Waals surface area (Å²) in [6.07, 6.45) is 0.825. The van der Waals surface area contributed by atoms with Gasteiger partial charge in [0.1, 0.15) is 0 Å². The summed E-state index contributed by atoms with van der Waals surface area (Å²) in [7, 11) is 0. The molecule has 1 aliphatic rings. The normalized spacial score (nSPS) is 24.7.